The standard InChI is InChI=1S/C14H19BrO3/c1-14(2,17-3)12(16)8-10-7-11(15)6-9-4-5-18-13(9)10/h6-7,12,16H,4-5,8H2,1-3H3. The first-order valence-electron chi connectivity index (χ1n) is 6.11. The monoisotopic (exact) mass is 314 g/mol. The smallest absolute Gasteiger partial charge is 0.125 e. The predicted molar refractivity (Wildman–Crippen MR) is 74.1 cm³/mol. The molecule has 0 bridgehead atoms. The summed E-state index contributed by atoms with van der Waals surface area (Å²) >= 11 is 3.50. The van der Waals surface area contributed by atoms with E-state index in [4.69, 9.17) is 9.47 Å². The maximum absolute atomic E-state index is 10.3. The minimum absolute atomic E-state index is 0.530. The van der Waals surface area contributed by atoms with Gasteiger partial charge in [0.1, 0.15) is 5.75 Å². The Morgan fingerprint density at radius 3 is 2.89 bits per heavy atom. The Kier molecular flexibility index (Phi) is 3.99. The Balaban J connectivity index is 2.25. The van der Waals surface area contributed by atoms with E-state index in [1.807, 2.05) is 19.9 Å². The number of hydrogen-bond acceptors (Lipinski definition) is 3. The first-order valence-corrected chi connectivity index (χ1v) is 6.90. The molecule has 1 heterocycles. The lowest BCUT2D eigenvalue weighted by molar-refractivity contribution is -0.0766. The van der Waals surface area contributed by atoms with Gasteiger partial charge in [-0.2, -0.15) is 0 Å². The number of halogens is 1. The van der Waals surface area contributed by atoms with E-state index in [1.54, 1.807) is 7.11 Å². The van der Waals surface area contributed by atoms with Gasteiger partial charge >= 0.3 is 0 Å². The summed E-state index contributed by atoms with van der Waals surface area (Å²) in [4.78, 5) is 0. The summed E-state index contributed by atoms with van der Waals surface area (Å²) < 4.78 is 12.0. The fourth-order valence-corrected chi connectivity index (χ4v) is 2.64. The van der Waals surface area contributed by atoms with Crippen LogP contribution in [0.25, 0.3) is 0 Å². The zero-order valence-corrected chi connectivity index (χ0v) is 12.6. The maximum Gasteiger partial charge on any atom is 0.125 e. The number of benzene rings is 1. The molecule has 100 valence electrons. The lowest BCUT2D eigenvalue weighted by Gasteiger charge is -2.29. The molecule has 2 rings (SSSR count). The average Bonchev–Trinajstić information content (AvgIpc) is 2.76. The SMILES string of the molecule is COC(C)(C)C(O)Cc1cc(Br)cc2c1OCC2. The zero-order valence-electron chi connectivity index (χ0n) is 11.0. The van der Waals surface area contributed by atoms with Gasteiger partial charge in [0.05, 0.1) is 18.3 Å². The molecule has 0 saturated heterocycles. The maximum atomic E-state index is 10.3. The Bertz CT molecular complexity index is 443. The molecule has 4 heteroatoms. The third kappa shape index (κ3) is 2.71. The van der Waals surface area contributed by atoms with Gasteiger partial charge in [-0.05, 0) is 37.1 Å². The van der Waals surface area contributed by atoms with Crippen LogP contribution in [0.3, 0.4) is 0 Å². The second-order valence-corrected chi connectivity index (χ2v) is 6.09. The van der Waals surface area contributed by atoms with Gasteiger partial charge in [-0.15, -0.1) is 0 Å². The van der Waals surface area contributed by atoms with Crippen LogP contribution < -0.4 is 4.74 Å². The number of rotatable bonds is 4. The van der Waals surface area contributed by atoms with Crippen molar-refractivity contribution in [2.45, 2.75) is 38.4 Å². The van der Waals surface area contributed by atoms with Gasteiger partial charge in [0.2, 0.25) is 0 Å². The fourth-order valence-electron chi connectivity index (χ4n) is 2.09. The highest BCUT2D eigenvalue weighted by Crippen LogP contribution is 2.34. The lowest BCUT2D eigenvalue weighted by atomic mass is 9.93. The van der Waals surface area contributed by atoms with Gasteiger partial charge in [-0.25, -0.2) is 0 Å². The van der Waals surface area contributed by atoms with Crippen molar-refractivity contribution in [3.05, 3.63) is 27.7 Å². The molecule has 1 unspecified atom stereocenters. The van der Waals surface area contributed by atoms with Crippen molar-refractivity contribution in [1.29, 1.82) is 0 Å². The van der Waals surface area contributed by atoms with E-state index in [9.17, 15) is 5.11 Å². The van der Waals surface area contributed by atoms with E-state index in [2.05, 4.69) is 22.0 Å². The van der Waals surface area contributed by atoms with Crippen LogP contribution in [-0.2, 0) is 17.6 Å². The second kappa shape index (κ2) is 5.19. The first-order chi connectivity index (χ1) is 8.44. The number of methoxy groups -OCH3 is 1. The third-order valence-corrected chi connectivity index (χ3v) is 4.03. The molecular weight excluding hydrogens is 296 g/mol. The summed E-state index contributed by atoms with van der Waals surface area (Å²) in [5, 5.41) is 10.3. The van der Waals surface area contributed by atoms with Crippen LogP contribution in [0.2, 0.25) is 0 Å². The van der Waals surface area contributed by atoms with Crippen molar-refractivity contribution in [3.63, 3.8) is 0 Å². The van der Waals surface area contributed by atoms with E-state index < -0.39 is 11.7 Å². The fraction of sp³-hybridized carbons (Fsp3) is 0.571. The highest BCUT2D eigenvalue weighted by molar-refractivity contribution is 9.10. The van der Waals surface area contributed by atoms with Crippen molar-refractivity contribution >= 4 is 15.9 Å². The molecule has 0 amide bonds. The summed E-state index contributed by atoms with van der Waals surface area (Å²) in [6.07, 6.45) is 0.902. The van der Waals surface area contributed by atoms with Crippen molar-refractivity contribution < 1.29 is 14.6 Å². The van der Waals surface area contributed by atoms with Gasteiger partial charge in [0.15, 0.2) is 0 Å². The van der Waals surface area contributed by atoms with Gasteiger partial charge in [-0.3, -0.25) is 0 Å². The van der Waals surface area contributed by atoms with Crippen LogP contribution in [0.5, 0.6) is 5.75 Å². The number of fused-ring (bicyclic) bond motifs is 1. The van der Waals surface area contributed by atoms with E-state index in [1.165, 1.54) is 5.56 Å². The number of aliphatic hydroxyl groups is 1. The Morgan fingerprint density at radius 1 is 1.50 bits per heavy atom. The minimum atomic E-state index is -0.565. The lowest BCUT2D eigenvalue weighted by Crippen LogP contribution is -2.39. The summed E-state index contributed by atoms with van der Waals surface area (Å²) in [6, 6.07) is 4.10. The van der Waals surface area contributed by atoms with Gasteiger partial charge in [0.25, 0.3) is 0 Å². The molecule has 3 nitrogen and oxygen atoms in total. The highest BCUT2D eigenvalue weighted by atomic mass is 79.9. The molecule has 1 N–H and O–H groups in total. The van der Waals surface area contributed by atoms with Crippen LogP contribution in [0.1, 0.15) is 25.0 Å². The molecule has 0 fully saturated rings. The molecule has 0 aromatic heterocycles. The molecule has 0 aliphatic carbocycles. The zero-order chi connectivity index (χ0) is 13.3. The average molecular weight is 315 g/mol. The topological polar surface area (TPSA) is 38.7 Å². The predicted octanol–water partition coefficient (Wildman–Crippen LogP) is 2.71. The molecule has 1 atom stereocenters. The molecule has 0 saturated carbocycles. The molecule has 1 aromatic rings. The third-order valence-electron chi connectivity index (χ3n) is 3.57. The summed E-state index contributed by atoms with van der Waals surface area (Å²) in [6.45, 7) is 4.50. The Morgan fingerprint density at radius 2 is 2.22 bits per heavy atom. The van der Waals surface area contributed by atoms with Crippen LogP contribution in [-0.4, -0.2) is 30.5 Å². The van der Waals surface area contributed by atoms with Crippen LogP contribution in [0.15, 0.2) is 16.6 Å². The number of ether oxygens (including phenoxy) is 2. The Labute approximate surface area is 116 Å². The normalized spacial score (nSPS) is 16.3. The number of hydrogen-bond donors (Lipinski definition) is 1. The van der Waals surface area contributed by atoms with Gasteiger partial charge < -0.3 is 14.6 Å². The molecule has 0 spiro atoms. The molecule has 1 aliphatic heterocycles. The Hall–Kier alpha value is -0.580. The molecular formula is C14H19BrO3. The van der Waals surface area contributed by atoms with Crippen LogP contribution >= 0.6 is 15.9 Å². The van der Waals surface area contributed by atoms with E-state index in [0.717, 1.165) is 28.8 Å². The quantitative estimate of drug-likeness (QED) is 0.928. The van der Waals surface area contributed by atoms with E-state index >= 15 is 0 Å². The molecule has 1 aromatic carbocycles. The second-order valence-electron chi connectivity index (χ2n) is 5.18. The molecule has 0 radical (unpaired) electrons. The largest absolute Gasteiger partial charge is 0.493 e. The summed E-state index contributed by atoms with van der Waals surface area (Å²) in [5.41, 5.74) is 1.68. The molecule has 18 heavy (non-hydrogen) atoms. The minimum Gasteiger partial charge on any atom is -0.493 e. The highest BCUT2D eigenvalue weighted by Gasteiger charge is 2.29. The van der Waals surface area contributed by atoms with Gasteiger partial charge in [-0.1, -0.05) is 15.9 Å². The molecule has 1 aliphatic rings. The summed E-state index contributed by atoms with van der Waals surface area (Å²) in [5.74, 6) is 0.934. The summed E-state index contributed by atoms with van der Waals surface area (Å²) in [7, 11) is 1.62. The van der Waals surface area contributed by atoms with Crippen molar-refractivity contribution in [3.8, 4) is 5.75 Å². The van der Waals surface area contributed by atoms with E-state index in [-0.39, 0.29) is 0 Å². The van der Waals surface area contributed by atoms with Crippen molar-refractivity contribution in [1.82, 2.24) is 0 Å². The van der Waals surface area contributed by atoms with Gasteiger partial charge in [0, 0.05) is 24.4 Å². The van der Waals surface area contributed by atoms with E-state index in [0.29, 0.717) is 6.42 Å². The van der Waals surface area contributed by atoms with Crippen molar-refractivity contribution in [2.24, 2.45) is 0 Å². The van der Waals surface area contributed by atoms with Crippen LogP contribution in [0.4, 0.5) is 0 Å². The first kappa shape index (κ1) is 13.8. The number of aliphatic hydroxyl groups excluding tert-OH is 1. The van der Waals surface area contributed by atoms with Crippen molar-refractivity contribution in [2.75, 3.05) is 13.7 Å². The van der Waals surface area contributed by atoms with Crippen LogP contribution in [0, 0.1) is 0 Å².